The third-order valence-electron chi connectivity index (χ3n) is 8.73. The van der Waals surface area contributed by atoms with Crippen LogP contribution in [0.3, 0.4) is 0 Å². The van der Waals surface area contributed by atoms with Gasteiger partial charge in [0.25, 0.3) is 0 Å². The lowest BCUT2D eigenvalue weighted by molar-refractivity contribution is -0.0438. The lowest BCUT2D eigenvalue weighted by Gasteiger charge is -2.58. The number of nitrogens with two attached hydrogens (primary N) is 1. The van der Waals surface area contributed by atoms with E-state index in [2.05, 4.69) is 26.8 Å². The van der Waals surface area contributed by atoms with Crippen molar-refractivity contribution in [1.29, 1.82) is 0 Å². The van der Waals surface area contributed by atoms with Crippen molar-refractivity contribution in [1.82, 2.24) is 0 Å². The van der Waals surface area contributed by atoms with E-state index >= 15 is 0 Å². The van der Waals surface area contributed by atoms with Crippen LogP contribution in [0.4, 0.5) is 0 Å². The molecule has 1 heteroatoms. The maximum Gasteiger partial charge on any atom is 0.00440 e. The molecule has 2 N–H and O–H groups in total. The molecule has 1 nitrogen and oxygen atoms in total. The van der Waals surface area contributed by atoms with Gasteiger partial charge in [-0.25, -0.2) is 0 Å². The first kappa shape index (κ1) is 15.2. The van der Waals surface area contributed by atoms with Crippen molar-refractivity contribution in [2.45, 2.75) is 84.6 Å². The van der Waals surface area contributed by atoms with Crippen LogP contribution in [-0.4, -0.2) is 6.04 Å². The SMILES string of the molecule is C[C@H](N)[C@H]1CC[C@H]2[C@@H]3CC=C4CCCC[C@]4(C)[C@H]3CC[C@]12C. The summed E-state index contributed by atoms with van der Waals surface area (Å²) in [6.07, 6.45) is 15.5. The molecule has 0 bridgehead atoms. The van der Waals surface area contributed by atoms with Crippen LogP contribution < -0.4 is 5.73 Å². The highest BCUT2D eigenvalue weighted by Gasteiger charge is 2.58. The maximum absolute atomic E-state index is 6.38. The van der Waals surface area contributed by atoms with Crippen LogP contribution in [0.25, 0.3) is 0 Å². The Balaban J connectivity index is 1.66. The lowest BCUT2D eigenvalue weighted by atomic mass is 9.47. The fraction of sp³-hybridized carbons (Fsp3) is 0.905. The molecule has 0 heterocycles. The summed E-state index contributed by atoms with van der Waals surface area (Å²) in [5.74, 6) is 3.63. The molecule has 3 fully saturated rings. The zero-order valence-electron chi connectivity index (χ0n) is 14.9. The molecule has 3 saturated carbocycles. The minimum atomic E-state index is 0.381. The Hall–Kier alpha value is -0.300. The lowest BCUT2D eigenvalue weighted by Crippen LogP contribution is -2.51. The Morgan fingerprint density at radius 3 is 2.68 bits per heavy atom. The number of fused-ring (bicyclic) bond motifs is 5. The van der Waals surface area contributed by atoms with Crippen LogP contribution in [0.15, 0.2) is 11.6 Å². The molecule has 0 aromatic carbocycles. The van der Waals surface area contributed by atoms with E-state index in [4.69, 9.17) is 5.73 Å². The van der Waals surface area contributed by atoms with E-state index in [-0.39, 0.29) is 0 Å². The zero-order valence-corrected chi connectivity index (χ0v) is 14.9. The van der Waals surface area contributed by atoms with Crippen LogP contribution in [0.2, 0.25) is 0 Å². The molecule has 0 aromatic heterocycles. The average Bonchev–Trinajstić information content (AvgIpc) is 2.84. The van der Waals surface area contributed by atoms with Crippen LogP contribution in [0.5, 0.6) is 0 Å². The molecule has 0 amide bonds. The number of hydrogen-bond donors (Lipinski definition) is 1. The minimum Gasteiger partial charge on any atom is -0.328 e. The van der Waals surface area contributed by atoms with Gasteiger partial charge in [-0.05, 0) is 92.8 Å². The Morgan fingerprint density at radius 1 is 1.09 bits per heavy atom. The van der Waals surface area contributed by atoms with Crippen molar-refractivity contribution >= 4 is 0 Å². The molecule has 4 aliphatic carbocycles. The highest BCUT2D eigenvalue weighted by Crippen LogP contribution is 2.66. The van der Waals surface area contributed by atoms with Crippen LogP contribution in [0, 0.1) is 34.5 Å². The monoisotopic (exact) mass is 301 g/mol. The molecule has 0 aliphatic heterocycles. The fourth-order valence-corrected chi connectivity index (χ4v) is 7.60. The summed E-state index contributed by atoms with van der Waals surface area (Å²) in [4.78, 5) is 0. The quantitative estimate of drug-likeness (QED) is 0.653. The molecule has 0 aromatic rings. The number of allylic oxidation sites excluding steroid dienone is 2. The van der Waals surface area contributed by atoms with Gasteiger partial charge >= 0.3 is 0 Å². The second-order valence-corrected chi connectivity index (χ2v) is 9.55. The first-order valence-electron chi connectivity index (χ1n) is 9.92. The van der Waals surface area contributed by atoms with E-state index in [1.165, 1.54) is 57.8 Å². The maximum atomic E-state index is 6.38. The average molecular weight is 302 g/mol. The molecular weight excluding hydrogens is 266 g/mol. The topological polar surface area (TPSA) is 26.0 Å². The van der Waals surface area contributed by atoms with E-state index < -0.39 is 0 Å². The highest BCUT2D eigenvalue weighted by molar-refractivity contribution is 5.24. The number of rotatable bonds is 1. The van der Waals surface area contributed by atoms with Gasteiger partial charge in [0, 0.05) is 6.04 Å². The van der Waals surface area contributed by atoms with Gasteiger partial charge in [-0.3, -0.25) is 0 Å². The van der Waals surface area contributed by atoms with Crippen molar-refractivity contribution in [2.75, 3.05) is 0 Å². The standard InChI is InChI=1S/C21H35N/c1-14(22)17-9-10-18-16-8-7-15-6-4-5-12-20(15,2)19(16)11-13-21(17,18)3/h7,14,16-19H,4-6,8-13,22H2,1-3H3/t14-,16-,17+,18-,19-,20-,21+/m0/s1. The summed E-state index contributed by atoms with van der Waals surface area (Å²) in [6, 6.07) is 0.381. The molecule has 0 spiro atoms. The van der Waals surface area contributed by atoms with Crippen molar-refractivity contribution < 1.29 is 0 Å². The summed E-state index contributed by atoms with van der Waals surface area (Å²) in [7, 11) is 0. The Kier molecular flexibility index (Phi) is 3.53. The molecule has 0 radical (unpaired) electrons. The van der Waals surface area contributed by atoms with Crippen LogP contribution in [-0.2, 0) is 0 Å². The molecule has 0 unspecified atom stereocenters. The second-order valence-electron chi connectivity index (χ2n) is 9.55. The van der Waals surface area contributed by atoms with Crippen molar-refractivity contribution in [3.8, 4) is 0 Å². The molecular formula is C21H35N. The van der Waals surface area contributed by atoms with E-state index in [0.29, 0.717) is 16.9 Å². The number of hydrogen-bond acceptors (Lipinski definition) is 1. The van der Waals surface area contributed by atoms with Gasteiger partial charge in [0.2, 0.25) is 0 Å². The van der Waals surface area contributed by atoms with Crippen LogP contribution >= 0.6 is 0 Å². The molecule has 7 atom stereocenters. The summed E-state index contributed by atoms with van der Waals surface area (Å²) < 4.78 is 0. The summed E-state index contributed by atoms with van der Waals surface area (Å²) in [5, 5.41) is 0. The van der Waals surface area contributed by atoms with Crippen molar-refractivity contribution in [3.05, 3.63) is 11.6 Å². The Bertz CT molecular complexity index is 478. The van der Waals surface area contributed by atoms with Gasteiger partial charge in [0.05, 0.1) is 0 Å². The third kappa shape index (κ3) is 1.93. The fourth-order valence-electron chi connectivity index (χ4n) is 7.60. The van der Waals surface area contributed by atoms with E-state index in [0.717, 1.165) is 23.7 Å². The Labute approximate surface area is 137 Å². The smallest absolute Gasteiger partial charge is 0.00440 e. The predicted octanol–water partition coefficient (Wildman–Crippen LogP) is 5.30. The van der Waals surface area contributed by atoms with Gasteiger partial charge in [-0.15, -0.1) is 0 Å². The first-order chi connectivity index (χ1) is 10.5. The summed E-state index contributed by atoms with van der Waals surface area (Å²) in [5.41, 5.74) is 9.30. The largest absolute Gasteiger partial charge is 0.328 e. The highest BCUT2D eigenvalue weighted by atomic mass is 14.7. The summed E-state index contributed by atoms with van der Waals surface area (Å²) in [6.45, 7) is 7.47. The van der Waals surface area contributed by atoms with E-state index in [1.54, 1.807) is 0 Å². The Morgan fingerprint density at radius 2 is 1.91 bits per heavy atom. The second kappa shape index (κ2) is 5.10. The van der Waals surface area contributed by atoms with E-state index in [1.807, 2.05) is 5.57 Å². The molecule has 4 rings (SSSR count). The van der Waals surface area contributed by atoms with E-state index in [9.17, 15) is 0 Å². The molecule has 0 saturated heterocycles. The van der Waals surface area contributed by atoms with Gasteiger partial charge < -0.3 is 5.73 Å². The van der Waals surface area contributed by atoms with Gasteiger partial charge in [-0.1, -0.05) is 31.9 Å². The molecule has 4 aliphatic rings. The van der Waals surface area contributed by atoms with Gasteiger partial charge in [0.1, 0.15) is 0 Å². The third-order valence-corrected chi connectivity index (χ3v) is 8.73. The van der Waals surface area contributed by atoms with Gasteiger partial charge in [-0.2, -0.15) is 0 Å². The minimum absolute atomic E-state index is 0.381. The zero-order chi connectivity index (χ0) is 15.5. The van der Waals surface area contributed by atoms with Gasteiger partial charge in [0.15, 0.2) is 0 Å². The molecule has 124 valence electrons. The normalized spacial score (nSPS) is 52.3. The molecule has 22 heavy (non-hydrogen) atoms. The van der Waals surface area contributed by atoms with Crippen molar-refractivity contribution in [3.63, 3.8) is 0 Å². The predicted molar refractivity (Wildman–Crippen MR) is 93.5 cm³/mol. The summed E-state index contributed by atoms with van der Waals surface area (Å²) >= 11 is 0. The first-order valence-corrected chi connectivity index (χ1v) is 9.92. The van der Waals surface area contributed by atoms with Crippen LogP contribution in [0.1, 0.15) is 78.6 Å². The van der Waals surface area contributed by atoms with Crippen molar-refractivity contribution in [2.24, 2.45) is 40.2 Å².